The monoisotopic (exact) mass is 295 g/mol. The third kappa shape index (κ3) is 3.03. The molecule has 5 heteroatoms. The highest BCUT2D eigenvalue weighted by atomic mass is 19.1. The standard InChI is InChI=1S/C16H16F3NO/c1-9-4-5-10(6-14(9)21-3)16(20-2)15-12(18)7-11(17)8-13(15)19/h4-8,16,20H,1-3H3. The van der Waals surface area contributed by atoms with Crippen molar-refractivity contribution in [3.05, 3.63) is 64.5 Å². The first-order valence-corrected chi connectivity index (χ1v) is 6.44. The van der Waals surface area contributed by atoms with Gasteiger partial charge in [-0.2, -0.15) is 0 Å². The van der Waals surface area contributed by atoms with E-state index in [2.05, 4.69) is 5.32 Å². The molecular formula is C16H16F3NO. The van der Waals surface area contributed by atoms with Crippen molar-refractivity contribution in [1.82, 2.24) is 5.32 Å². The molecule has 1 N–H and O–H groups in total. The molecule has 2 aromatic carbocycles. The van der Waals surface area contributed by atoms with Gasteiger partial charge in [0.1, 0.15) is 23.2 Å². The average Bonchev–Trinajstić information content (AvgIpc) is 2.43. The van der Waals surface area contributed by atoms with E-state index in [9.17, 15) is 13.2 Å². The smallest absolute Gasteiger partial charge is 0.134 e. The van der Waals surface area contributed by atoms with Crippen LogP contribution >= 0.6 is 0 Å². The van der Waals surface area contributed by atoms with Crippen molar-refractivity contribution in [3.63, 3.8) is 0 Å². The van der Waals surface area contributed by atoms with Gasteiger partial charge in [0, 0.05) is 17.7 Å². The average molecular weight is 295 g/mol. The maximum atomic E-state index is 13.9. The topological polar surface area (TPSA) is 21.3 Å². The molecule has 2 nitrogen and oxygen atoms in total. The number of nitrogens with one attached hydrogen (secondary N) is 1. The molecule has 0 aliphatic rings. The third-order valence-corrected chi connectivity index (χ3v) is 3.39. The van der Waals surface area contributed by atoms with E-state index in [0.29, 0.717) is 23.4 Å². The molecule has 112 valence electrons. The largest absolute Gasteiger partial charge is 0.496 e. The lowest BCUT2D eigenvalue weighted by atomic mass is 9.96. The van der Waals surface area contributed by atoms with Crippen molar-refractivity contribution in [3.8, 4) is 5.75 Å². The van der Waals surface area contributed by atoms with Gasteiger partial charge in [-0.1, -0.05) is 12.1 Å². The Balaban J connectivity index is 2.55. The van der Waals surface area contributed by atoms with E-state index in [1.54, 1.807) is 25.2 Å². The van der Waals surface area contributed by atoms with Crippen LogP contribution in [0.2, 0.25) is 0 Å². The Hall–Kier alpha value is -2.01. The number of halogens is 3. The Bertz CT molecular complexity index is 635. The predicted octanol–water partition coefficient (Wildman–Crippen LogP) is 3.73. The van der Waals surface area contributed by atoms with E-state index in [1.165, 1.54) is 7.11 Å². The maximum Gasteiger partial charge on any atom is 0.134 e. The minimum Gasteiger partial charge on any atom is -0.496 e. The molecule has 0 heterocycles. The first kappa shape index (κ1) is 15.4. The number of benzene rings is 2. The SMILES string of the molecule is CNC(c1ccc(C)c(OC)c1)c1c(F)cc(F)cc1F. The summed E-state index contributed by atoms with van der Waals surface area (Å²) in [7, 11) is 3.11. The Kier molecular flexibility index (Phi) is 4.53. The molecular weight excluding hydrogens is 279 g/mol. The summed E-state index contributed by atoms with van der Waals surface area (Å²) in [4.78, 5) is 0. The molecule has 2 aromatic rings. The lowest BCUT2D eigenvalue weighted by Crippen LogP contribution is -2.20. The van der Waals surface area contributed by atoms with Crippen molar-refractivity contribution in [2.24, 2.45) is 0 Å². The molecule has 0 saturated carbocycles. The summed E-state index contributed by atoms with van der Waals surface area (Å²) in [6, 6.07) is 5.88. The van der Waals surface area contributed by atoms with Gasteiger partial charge in [-0.15, -0.1) is 0 Å². The maximum absolute atomic E-state index is 13.9. The van der Waals surface area contributed by atoms with Crippen LogP contribution in [0.15, 0.2) is 30.3 Å². The van der Waals surface area contributed by atoms with Crippen LogP contribution in [0, 0.1) is 24.4 Å². The lowest BCUT2D eigenvalue weighted by molar-refractivity contribution is 0.410. The minimum atomic E-state index is -0.940. The highest BCUT2D eigenvalue weighted by molar-refractivity contribution is 5.42. The molecule has 1 atom stereocenters. The second-order valence-corrected chi connectivity index (χ2v) is 4.73. The lowest BCUT2D eigenvalue weighted by Gasteiger charge is -2.20. The van der Waals surface area contributed by atoms with Gasteiger partial charge in [0.05, 0.1) is 13.2 Å². The molecule has 0 aliphatic carbocycles. The molecule has 21 heavy (non-hydrogen) atoms. The summed E-state index contributed by atoms with van der Waals surface area (Å²) in [5.41, 5.74) is 1.32. The van der Waals surface area contributed by atoms with Crippen LogP contribution in [0.5, 0.6) is 5.75 Å². The van der Waals surface area contributed by atoms with Crippen LogP contribution in [-0.4, -0.2) is 14.2 Å². The quantitative estimate of drug-likeness (QED) is 0.928. The fraction of sp³-hybridized carbons (Fsp3) is 0.250. The summed E-state index contributed by atoms with van der Waals surface area (Å²) >= 11 is 0. The highest BCUT2D eigenvalue weighted by Crippen LogP contribution is 2.30. The van der Waals surface area contributed by atoms with Crippen LogP contribution in [0.1, 0.15) is 22.7 Å². The molecule has 0 aliphatic heterocycles. The molecule has 0 amide bonds. The number of rotatable bonds is 4. The van der Waals surface area contributed by atoms with E-state index >= 15 is 0 Å². The van der Waals surface area contributed by atoms with Crippen molar-refractivity contribution >= 4 is 0 Å². The van der Waals surface area contributed by atoms with Crippen molar-refractivity contribution < 1.29 is 17.9 Å². The fourth-order valence-corrected chi connectivity index (χ4v) is 2.32. The number of aryl methyl sites for hydroxylation is 1. The number of methoxy groups -OCH3 is 1. The Morgan fingerprint density at radius 3 is 2.19 bits per heavy atom. The Morgan fingerprint density at radius 2 is 1.67 bits per heavy atom. The van der Waals surface area contributed by atoms with E-state index in [0.717, 1.165) is 5.56 Å². The summed E-state index contributed by atoms with van der Waals surface area (Å²) in [5.74, 6) is -2.17. The summed E-state index contributed by atoms with van der Waals surface area (Å²) < 4.78 is 46.1. The Morgan fingerprint density at radius 1 is 1.05 bits per heavy atom. The van der Waals surface area contributed by atoms with Crippen molar-refractivity contribution in [2.75, 3.05) is 14.2 Å². The van der Waals surface area contributed by atoms with Gasteiger partial charge in [0.25, 0.3) is 0 Å². The van der Waals surface area contributed by atoms with Crippen LogP contribution in [0.3, 0.4) is 0 Å². The van der Waals surface area contributed by atoms with E-state index in [-0.39, 0.29) is 5.56 Å². The summed E-state index contributed by atoms with van der Waals surface area (Å²) in [6.07, 6.45) is 0. The molecule has 0 fully saturated rings. The van der Waals surface area contributed by atoms with Crippen LogP contribution in [0.25, 0.3) is 0 Å². The fourth-order valence-electron chi connectivity index (χ4n) is 2.32. The molecule has 0 aromatic heterocycles. The van der Waals surface area contributed by atoms with Gasteiger partial charge in [0.2, 0.25) is 0 Å². The first-order chi connectivity index (χ1) is 9.97. The van der Waals surface area contributed by atoms with Gasteiger partial charge in [0.15, 0.2) is 0 Å². The first-order valence-electron chi connectivity index (χ1n) is 6.44. The van der Waals surface area contributed by atoms with Crippen molar-refractivity contribution in [2.45, 2.75) is 13.0 Å². The summed E-state index contributed by atoms with van der Waals surface area (Å²) in [6.45, 7) is 1.87. The zero-order chi connectivity index (χ0) is 15.6. The number of ether oxygens (including phenoxy) is 1. The van der Waals surface area contributed by atoms with Gasteiger partial charge < -0.3 is 10.1 Å². The van der Waals surface area contributed by atoms with Crippen molar-refractivity contribution in [1.29, 1.82) is 0 Å². The van der Waals surface area contributed by atoms with E-state index < -0.39 is 23.5 Å². The van der Waals surface area contributed by atoms with Gasteiger partial charge >= 0.3 is 0 Å². The van der Waals surface area contributed by atoms with E-state index in [4.69, 9.17) is 4.74 Å². The van der Waals surface area contributed by atoms with Crippen LogP contribution in [-0.2, 0) is 0 Å². The van der Waals surface area contributed by atoms with Gasteiger partial charge in [-0.3, -0.25) is 0 Å². The minimum absolute atomic E-state index is 0.218. The highest BCUT2D eigenvalue weighted by Gasteiger charge is 2.22. The summed E-state index contributed by atoms with van der Waals surface area (Å²) in [5, 5.41) is 2.85. The number of hydrogen-bond acceptors (Lipinski definition) is 2. The van der Waals surface area contributed by atoms with Crippen LogP contribution in [0.4, 0.5) is 13.2 Å². The van der Waals surface area contributed by atoms with Gasteiger partial charge in [-0.05, 0) is 31.2 Å². The normalized spacial score (nSPS) is 12.3. The van der Waals surface area contributed by atoms with E-state index in [1.807, 2.05) is 6.92 Å². The predicted molar refractivity (Wildman–Crippen MR) is 74.9 cm³/mol. The Labute approximate surface area is 121 Å². The number of hydrogen-bond donors (Lipinski definition) is 1. The molecule has 0 spiro atoms. The second-order valence-electron chi connectivity index (χ2n) is 4.73. The molecule has 2 rings (SSSR count). The third-order valence-electron chi connectivity index (χ3n) is 3.39. The second kappa shape index (κ2) is 6.18. The zero-order valence-electron chi connectivity index (χ0n) is 12.0. The zero-order valence-corrected chi connectivity index (χ0v) is 12.0. The van der Waals surface area contributed by atoms with Gasteiger partial charge in [-0.25, -0.2) is 13.2 Å². The molecule has 0 radical (unpaired) electrons. The molecule has 0 bridgehead atoms. The molecule has 0 saturated heterocycles. The van der Waals surface area contributed by atoms with Crippen LogP contribution < -0.4 is 10.1 Å². The molecule has 1 unspecified atom stereocenters.